The van der Waals surface area contributed by atoms with Crippen molar-refractivity contribution in [2.75, 3.05) is 13.2 Å². The van der Waals surface area contributed by atoms with E-state index in [2.05, 4.69) is 13.0 Å². The minimum Gasteiger partial charge on any atom is -0.490 e. The van der Waals surface area contributed by atoms with Gasteiger partial charge in [0.2, 0.25) is 0 Å². The van der Waals surface area contributed by atoms with Gasteiger partial charge < -0.3 is 14.4 Å². The molecule has 138 valence electrons. The van der Waals surface area contributed by atoms with Crippen LogP contribution in [0.2, 0.25) is 0 Å². The van der Waals surface area contributed by atoms with Crippen molar-refractivity contribution in [3.05, 3.63) is 59.2 Å². The second-order valence-electron chi connectivity index (χ2n) is 6.47. The third kappa shape index (κ3) is 3.55. The quantitative estimate of drug-likeness (QED) is 0.672. The van der Waals surface area contributed by atoms with Crippen LogP contribution in [0.1, 0.15) is 61.1 Å². The van der Waals surface area contributed by atoms with Gasteiger partial charge >= 0.3 is 0 Å². The maximum Gasteiger partial charge on any atom is 0.255 e. The molecule has 2 aromatic rings. The second kappa shape index (κ2) is 8.26. The van der Waals surface area contributed by atoms with E-state index < -0.39 is 0 Å². The minimum absolute atomic E-state index is 0.0368. The molecule has 2 aromatic carbocycles. The van der Waals surface area contributed by atoms with Gasteiger partial charge in [-0.2, -0.15) is 0 Å². The molecule has 4 nitrogen and oxygen atoms in total. The van der Waals surface area contributed by atoms with Crippen LogP contribution in [-0.4, -0.2) is 24.0 Å². The monoisotopic (exact) mass is 353 g/mol. The lowest BCUT2D eigenvalue weighted by Gasteiger charge is -2.28. The summed E-state index contributed by atoms with van der Waals surface area (Å²) >= 11 is 0. The van der Waals surface area contributed by atoms with E-state index in [1.54, 1.807) is 0 Å². The van der Waals surface area contributed by atoms with Crippen LogP contribution in [0.3, 0.4) is 0 Å². The van der Waals surface area contributed by atoms with Gasteiger partial charge in [-0.1, -0.05) is 37.6 Å². The highest BCUT2D eigenvalue weighted by Gasteiger charge is 2.33. The van der Waals surface area contributed by atoms with Gasteiger partial charge in [0.25, 0.3) is 5.91 Å². The highest BCUT2D eigenvalue weighted by Crippen LogP contribution is 2.38. The van der Waals surface area contributed by atoms with Gasteiger partial charge in [-0.05, 0) is 49.6 Å². The van der Waals surface area contributed by atoms with E-state index >= 15 is 0 Å². The molecule has 1 aliphatic rings. The first-order valence-corrected chi connectivity index (χ1v) is 9.47. The first-order chi connectivity index (χ1) is 12.7. The van der Waals surface area contributed by atoms with Crippen LogP contribution in [0.5, 0.6) is 11.5 Å². The standard InChI is InChI=1S/C22H27NO3/c1-4-9-19(23-15-17-10-7-8-11-18(17)22(23)24)16-12-13-20(25-5-2)21(14-16)26-6-3/h7-8,10-14,19H,4-6,9,15H2,1-3H3/t19-/m0/s1. The Morgan fingerprint density at radius 2 is 1.73 bits per heavy atom. The molecule has 0 radical (unpaired) electrons. The number of carbonyl (C=O) groups excluding carboxylic acids is 1. The summed E-state index contributed by atoms with van der Waals surface area (Å²) in [4.78, 5) is 14.9. The molecule has 0 bridgehead atoms. The summed E-state index contributed by atoms with van der Waals surface area (Å²) in [5.74, 6) is 1.62. The molecule has 0 aromatic heterocycles. The molecule has 0 N–H and O–H groups in total. The van der Waals surface area contributed by atoms with Gasteiger partial charge in [-0.25, -0.2) is 0 Å². The van der Waals surface area contributed by atoms with Crippen molar-refractivity contribution in [2.24, 2.45) is 0 Å². The molecule has 26 heavy (non-hydrogen) atoms. The molecule has 1 amide bonds. The SMILES string of the molecule is CCC[C@@H](c1ccc(OCC)c(OCC)c1)N1Cc2ccccc2C1=O. The summed E-state index contributed by atoms with van der Waals surface area (Å²) in [5, 5.41) is 0. The topological polar surface area (TPSA) is 38.8 Å². The molecule has 0 fully saturated rings. The fourth-order valence-electron chi connectivity index (χ4n) is 3.58. The van der Waals surface area contributed by atoms with E-state index in [0.717, 1.165) is 41.0 Å². The number of hydrogen-bond donors (Lipinski definition) is 0. The zero-order valence-electron chi connectivity index (χ0n) is 15.8. The Morgan fingerprint density at radius 3 is 2.42 bits per heavy atom. The molecule has 0 unspecified atom stereocenters. The average Bonchev–Trinajstić information content (AvgIpc) is 2.98. The Bertz CT molecular complexity index is 772. The zero-order valence-corrected chi connectivity index (χ0v) is 15.8. The first kappa shape index (κ1) is 18.3. The van der Waals surface area contributed by atoms with Gasteiger partial charge in [-0.15, -0.1) is 0 Å². The zero-order chi connectivity index (χ0) is 18.5. The number of nitrogens with zero attached hydrogens (tertiary/aromatic N) is 1. The van der Waals surface area contributed by atoms with E-state index in [4.69, 9.17) is 9.47 Å². The largest absolute Gasteiger partial charge is 0.490 e. The van der Waals surface area contributed by atoms with Crippen molar-refractivity contribution in [2.45, 2.75) is 46.2 Å². The molecule has 1 heterocycles. The molecule has 1 atom stereocenters. The van der Waals surface area contributed by atoms with Crippen LogP contribution in [0.25, 0.3) is 0 Å². The minimum atomic E-state index is 0.0368. The third-order valence-corrected chi connectivity index (χ3v) is 4.74. The number of rotatable bonds is 8. The van der Waals surface area contributed by atoms with Crippen molar-refractivity contribution in [3.63, 3.8) is 0 Å². The van der Waals surface area contributed by atoms with E-state index in [-0.39, 0.29) is 11.9 Å². The van der Waals surface area contributed by atoms with Gasteiger partial charge in [0.15, 0.2) is 11.5 Å². The predicted octanol–water partition coefficient (Wildman–Crippen LogP) is 4.98. The normalized spacial score (nSPS) is 14.3. The van der Waals surface area contributed by atoms with Crippen LogP contribution in [0.15, 0.2) is 42.5 Å². The van der Waals surface area contributed by atoms with Crippen LogP contribution < -0.4 is 9.47 Å². The summed E-state index contributed by atoms with van der Waals surface area (Å²) < 4.78 is 11.5. The number of hydrogen-bond acceptors (Lipinski definition) is 3. The summed E-state index contributed by atoms with van der Waals surface area (Å²) in [6.07, 6.45) is 1.92. The summed E-state index contributed by atoms with van der Waals surface area (Å²) in [7, 11) is 0. The molecule has 0 spiro atoms. The molecule has 1 aliphatic heterocycles. The van der Waals surface area contributed by atoms with E-state index in [1.807, 2.05) is 55.1 Å². The third-order valence-electron chi connectivity index (χ3n) is 4.74. The van der Waals surface area contributed by atoms with Crippen LogP contribution in [-0.2, 0) is 6.54 Å². The lowest BCUT2D eigenvalue weighted by atomic mass is 10.00. The molecule has 4 heteroatoms. The maximum atomic E-state index is 12.9. The fraction of sp³-hybridized carbons (Fsp3) is 0.409. The van der Waals surface area contributed by atoms with E-state index in [0.29, 0.717) is 19.8 Å². The molecule has 0 aliphatic carbocycles. The van der Waals surface area contributed by atoms with Crippen molar-refractivity contribution >= 4 is 5.91 Å². The first-order valence-electron chi connectivity index (χ1n) is 9.47. The number of fused-ring (bicyclic) bond motifs is 1. The summed E-state index contributed by atoms with van der Waals surface area (Å²) in [5.41, 5.74) is 3.03. The van der Waals surface area contributed by atoms with Crippen LogP contribution in [0, 0.1) is 0 Å². The smallest absolute Gasteiger partial charge is 0.255 e. The molecule has 0 saturated carbocycles. The Hall–Kier alpha value is -2.49. The summed E-state index contributed by atoms with van der Waals surface area (Å²) in [6.45, 7) is 7.92. The molecule has 0 saturated heterocycles. The van der Waals surface area contributed by atoms with Crippen LogP contribution in [0.4, 0.5) is 0 Å². The fourth-order valence-corrected chi connectivity index (χ4v) is 3.58. The number of carbonyl (C=O) groups is 1. The Balaban J connectivity index is 1.93. The Kier molecular flexibility index (Phi) is 5.82. The van der Waals surface area contributed by atoms with Gasteiger partial charge in [0.05, 0.1) is 19.3 Å². The second-order valence-corrected chi connectivity index (χ2v) is 6.47. The maximum absolute atomic E-state index is 12.9. The lowest BCUT2D eigenvalue weighted by Crippen LogP contribution is -2.29. The van der Waals surface area contributed by atoms with Gasteiger partial charge in [0, 0.05) is 12.1 Å². The highest BCUT2D eigenvalue weighted by molar-refractivity contribution is 5.98. The van der Waals surface area contributed by atoms with Gasteiger partial charge in [-0.3, -0.25) is 4.79 Å². The number of ether oxygens (including phenoxy) is 2. The number of benzene rings is 2. The van der Waals surface area contributed by atoms with E-state index in [9.17, 15) is 4.79 Å². The van der Waals surface area contributed by atoms with Crippen LogP contribution >= 0.6 is 0 Å². The van der Waals surface area contributed by atoms with Gasteiger partial charge in [0.1, 0.15) is 0 Å². The lowest BCUT2D eigenvalue weighted by molar-refractivity contribution is 0.0690. The Labute approximate surface area is 155 Å². The summed E-state index contributed by atoms with van der Waals surface area (Å²) in [6, 6.07) is 14.0. The molecular weight excluding hydrogens is 326 g/mol. The van der Waals surface area contributed by atoms with Crippen molar-refractivity contribution in [3.8, 4) is 11.5 Å². The van der Waals surface area contributed by atoms with E-state index in [1.165, 1.54) is 0 Å². The predicted molar refractivity (Wildman–Crippen MR) is 103 cm³/mol. The average molecular weight is 353 g/mol. The molecule has 3 rings (SSSR count). The van der Waals surface area contributed by atoms with Crippen molar-refractivity contribution in [1.82, 2.24) is 4.90 Å². The molecular formula is C22H27NO3. The van der Waals surface area contributed by atoms with Crippen molar-refractivity contribution < 1.29 is 14.3 Å². The highest BCUT2D eigenvalue weighted by atomic mass is 16.5. The Morgan fingerprint density at radius 1 is 1.00 bits per heavy atom. The van der Waals surface area contributed by atoms with Crippen molar-refractivity contribution in [1.29, 1.82) is 0 Å². The number of amides is 1.